The van der Waals surface area contributed by atoms with E-state index in [-0.39, 0.29) is 11.3 Å². The van der Waals surface area contributed by atoms with Crippen LogP contribution in [0, 0.1) is 0 Å². The molecule has 1 aliphatic rings. The van der Waals surface area contributed by atoms with Gasteiger partial charge in [-0.05, 0) is 12.1 Å². The minimum atomic E-state index is -0.151. The van der Waals surface area contributed by atoms with Crippen LogP contribution >= 0.6 is 23.2 Å². The van der Waals surface area contributed by atoms with Gasteiger partial charge in [-0.3, -0.25) is 4.79 Å². The number of anilines is 1. The van der Waals surface area contributed by atoms with Crippen molar-refractivity contribution in [2.45, 2.75) is 11.8 Å². The quantitative estimate of drug-likeness (QED) is 0.799. The number of alkyl halides is 1. The van der Waals surface area contributed by atoms with Crippen molar-refractivity contribution in [2.24, 2.45) is 0 Å². The molecule has 0 bridgehead atoms. The molecule has 3 rings (SSSR count). The predicted molar refractivity (Wildman–Crippen MR) is 75.2 cm³/mol. The van der Waals surface area contributed by atoms with Gasteiger partial charge in [-0.2, -0.15) is 0 Å². The summed E-state index contributed by atoms with van der Waals surface area (Å²) in [5.41, 5.74) is 1.51. The van der Waals surface area contributed by atoms with Gasteiger partial charge in [0, 0.05) is 25.4 Å². The summed E-state index contributed by atoms with van der Waals surface area (Å²) in [7, 11) is 0. The van der Waals surface area contributed by atoms with Crippen LogP contribution in [-0.2, 0) is 4.79 Å². The summed E-state index contributed by atoms with van der Waals surface area (Å²) in [5.74, 6) is 0.0173. The highest BCUT2D eigenvalue weighted by atomic mass is 35.5. The number of rotatable bonds is 2. The fourth-order valence-electron chi connectivity index (χ4n) is 2.27. The minimum Gasteiger partial charge on any atom is -0.309 e. The summed E-state index contributed by atoms with van der Waals surface area (Å²) in [6.07, 6.45) is 5.48. The van der Waals surface area contributed by atoms with E-state index < -0.39 is 0 Å². The van der Waals surface area contributed by atoms with Crippen molar-refractivity contribution in [3.05, 3.63) is 41.9 Å². The maximum absolute atomic E-state index is 12.0. The van der Waals surface area contributed by atoms with E-state index in [0.717, 1.165) is 11.4 Å². The van der Waals surface area contributed by atoms with Crippen LogP contribution < -0.4 is 4.90 Å². The SMILES string of the molecule is O=C1CC(Cl)CN1c1cccc(Cl)c1-n1ccnc1. The predicted octanol–water partition coefficient (Wildman–Crippen LogP) is 2.87. The number of imidazole rings is 1. The van der Waals surface area contributed by atoms with Crippen LogP contribution in [-0.4, -0.2) is 27.4 Å². The van der Waals surface area contributed by atoms with Crippen LogP contribution in [0.25, 0.3) is 5.69 Å². The highest BCUT2D eigenvalue weighted by Gasteiger charge is 2.31. The Bertz CT molecular complexity index is 612. The summed E-state index contributed by atoms with van der Waals surface area (Å²) in [5, 5.41) is 0.420. The van der Waals surface area contributed by atoms with Gasteiger partial charge >= 0.3 is 0 Å². The molecule has 4 nitrogen and oxygen atoms in total. The maximum atomic E-state index is 12.0. The van der Waals surface area contributed by atoms with Crippen LogP contribution in [0.1, 0.15) is 6.42 Å². The van der Waals surface area contributed by atoms with Crippen LogP contribution in [0.2, 0.25) is 5.02 Å². The molecule has 0 aliphatic carbocycles. The summed E-state index contributed by atoms with van der Waals surface area (Å²) in [6, 6.07) is 5.49. The second-order valence-corrected chi connectivity index (χ2v) is 5.41. The number of carbonyl (C=O) groups is 1. The molecule has 1 fully saturated rings. The molecule has 19 heavy (non-hydrogen) atoms. The molecule has 6 heteroatoms. The average Bonchev–Trinajstić information content (AvgIpc) is 2.98. The number of hydrogen-bond acceptors (Lipinski definition) is 2. The van der Waals surface area contributed by atoms with Crippen LogP contribution in [0.4, 0.5) is 5.69 Å². The molecule has 0 saturated carbocycles. The van der Waals surface area contributed by atoms with Crippen LogP contribution in [0.3, 0.4) is 0 Å². The Morgan fingerprint density at radius 1 is 1.37 bits per heavy atom. The second kappa shape index (κ2) is 4.87. The van der Waals surface area contributed by atoms with Crippen LogP contribution in [0.15, 0.2) is 36.9 Å². The number of nitrogens with zero attached hydrogens (tertiary/aromatic N) is 3. The van der Waals surface area contributed by atoms with E-state index in [0.29, 0.717) is 18.0 Å². The highest BCUT2D eigenvalue weighted by molar-refractivity contribution is 6.33. The molecule has 0 N–H and O–H groups in total. The van der Waals surface area contributed by atoms with Crippen LogP contribution in [0.5, 0.6) is 0 Å². The molecular formula is C13H11Cl2N3O. The zero-order valence-corrected chi connectivity index (χ0v) is 11.5. The number of halogens is 2. The van der Waals surface area contributed by atoms with Gasteiger partial charge < -0.3 is 9.47 Å². The number of carbonyl (C=O) groups excluding carboxylic acids is 1. The van der Waals surface area contributed by atoms with E-state index in [1.807, 2.05) is 12.1 Å². The summed E-state index contributed by atoms with van der Waals surface area (Å²) in [4.78, 5) is 17.7. The first kappa shape index (κ1) is 12.5. The summed E-state index contributed by atoms with van der Waals surface area (Å²) < 4.78 is 1.80. The third-order valence-corrected chi connectivity index (χ3v) is 3.69. The minimum absolute atomic E-state index is 0.0173. The number of benzene rings is 1. The normalized spacial score (nSPS) is 19.2. The third kappa shape index (κ3) is 2.22. The molecule has 1 aromatic carbocycles. The molecule has 1 aliphatic heterocycles. The zero-order chi connectivity index (χ0) is 13.4. The monoisotopic (exact) mass is 295 g/mol. The van der Waals surface area contributed by atoms with Crippen molar-refractivity contribution in [2.75, 3.05) is 11.4 Å². The van der Waals surface area contributed by atoms with Crippen molar-refractivity contribution in [3.63, 3.8) is 0 Å². The fraction of sp³-hybridized carbons (Fsp3) is 0.231. The van der Waals surface area contributed by atoms with Crippen molar-refractivity contribution >= 4 is 34.8 Å². The Morgan fingerprint density at radius 2 is 2.21 bits per heavy atom. The van der Waals surface area contributed by atoms with E-state index in [9.17, 15) is 4.79 Å². The number of aromatic nitrogens is 2. The van der Waals surface area contributed by atoms with Gasteiger partial charge in [0.05, 0.1) is 28.1 Å². The lowest BCUT2D eigenvalue weighted by molar-refractivity contribution is -0.117. The molecule has 1 atom stereocenters. The second-order valence-electron chi connectivity index (χ2n) is 4.38. The first-order valence-electron chi connectivity index (χ1n) is 5.88. The Balaban J connectivity index is 2.12. The van der Waals surface area contributed by atoms with Gasteiger partial charge in [0.25, 0.3) is 0 Å². The Hall–Kier alpha value is -1.52. The topological polar surface area (TPSA) is 38.1 Å². The molecule has 1 amide bonds. The number of amides is 1. The van der Waals surface area contributed by atoms with Gasteiger partial charge in [-0.15, -0.1) is 11.6 Å². The molecule has 1 unspecified atom stereocenters. The van der Waals surface area contributed by atoms with Gasteiger partial charge in [-0.25, -0.2) is 4.98 Å². The fourth-order valence-corrected chi connectivity index (χ4v) is 2.80. The maximum Gasteiger partial charge on any atom is 0.228 e. The lowest BCUT2D eigenvalue weighted by Gasteiger charge is -2.21. The van der Waals surface area contributed by atoms with Gasteiger partial charge in [0.2, 0.25) is 5.91 Å². The molecule has 0 spiro atoms. The van der Waals surface area contributed by atoms with E-state index in [2.05, 4.69) is 4.98 Å². The van der Waals surface area contributed by atoms with E-state index in [1.165, 1.54) is 0 Å². The van der Waals surface area contributed by atoms with E-state index >= 15 is 0 Å². The lowest BCUT2D eigenvalue weighted by Crippen LogP contribution is -2.26. The zero-order valence-electron chi connectivity index (χ0n) is 9.96. The third-order valence-electron chi connectivity index (χ3n) is 3.10. The number of hydrogen-bond donors (Lipinski definition) is 0. The van der Waals surface area contributed by atoms with E-state index in [1.54, 1.807) is 34.3 Å². The standard InChI is InChI=1S/C13H11Cl2N3O/c14-9-6-12(19)18(7-9)11-3-1-2-10(15)13(11)17-5-4-16-8-17/h1-5,8-9H,6-7H2. The largest absolute Gasteiger partial charge is 0.309 e. The molecule has 2 aromatic rings. The summed E-state index contributed by atoms with van der Waals surface area (Å²) in [6.45, 7) is 0.502. The average molecular weight is 296 g/mol. The molecule has 1 saturated heterocycles. The molecule has 1 aromatic heterocycles. The molecule has 2 heterocycles. The van der Waals surface area contributed by atoms with Crippen molar-refractivity contribution in [1.29, 1.82) is 0 Å². The summed E-state index contributed by atoms with van der Waals surface area (Å²) >= 11 is 12.3. The van der Waals surface area contributed by atoms with E-state index in [4.69, 9.17) is 23.2 Å². The Kier molecular flexibility index (Phi) is 3.21. The molecule has 0 radical (unpaired) electrons. The lowest BCUT2D eigenvalue weighted by atomic mass is 10.2. The Labute approximate surface area is 120 Å². The van der Waals surface area contributed by atoms with Crippen molar-refractivity contribution in [1.82, 2.24) is 9.55 Å². The van der Waals surface area contributed by atoms with Crippen molar-refractivity contribution < 1.29 is 4.79 Å². The molecular weight excluding hydrogens is 285 g/mol. The Morgan fingerprint density at radius 3 is 2.84 bits per heavy atom. The number of para-hydroxylation sites is 1. The smallest absolute Gasteiger partial charge is 0.228 e. The first-order valence-corrected chi connectivity index (χ1v) is 6.69. The highest BCUT2D eigenvalue weighted by Crippen LogP contribution is 2.34. The van der Waals surface area contributed by atoms with Gasteiger partial charge in [0.1, 0.15) is 0 Å². The van der Waals surface area contributed by atoms with Crippen molar-refractivity contribution in [3.8, 4) is 5.69 Å². The van der Waals surface area contributed by atoms with Gasteiger partial charge in [-0.1, -0.05) is 17.7 Å². The molecule has 98 valence electrons. The first-order chi connectivity index (χ1) is 9.16. The van der Waals surface area contributed by atoms with Gasteiger partial charge in [0.15, 0.2) is 0 Å².